The van der Waals surface area contributed by atoms with Crippen molar-refractivity contribution < 1.29 is 14.7 Å². The fourth-order valence-corrected chi connectivity index (χ4v) is 7.50. The van der Waals surface area contributed by atoms with Crippen LogP contribution in [0.25, 0.3) is 22.0 Å². The summed E-state index contributed by atoms with van der Waals surface area (Å²) in [6.07, 6.45) is 0.159. The molecule has 9 heteroatoms. The molecular formula is C39H32Cl2N4O3. The fraction of sp³-hybridized carbons (Fsp3) is 0.154. The summed E-state index contributed by atoms with van der Waals surface area (Å²) >= 11 is 13.3. The molecule has 0 aliphatic carbocycles. The Bertz CT molecular complexity index is 1990. The number of benzene rings is 5. The zero-order valence-electron chi connectivity index (χ0n) is 25.9. The number of carbonyl (C=O) groups excluding carboxylic acids is 1. The molecule has 1 aliphatic rings. The molecule has 2 N–H and O–H groups in total. The third-order valence-electron chi connectivity index (χ3n) is 9.13. The summed E-state index contributed by atoms with van der Waals surface area (Å²) < 4.78 is 1.99. The molecule has 6 aromatic rings. The molecule has 1 fully saturated rings. The summed E-state index contributed by atoms with van der Waals surface area (Å²) in [7, 11) is 0. The smallest absolute Gasteiger partial charge is 0.407 e. The second kappa shape index (κ2) is 13.2. The Labute approximate surface area is 288 Å². The van der Waals surface area contributed by atoms with E-state index in [0.717, 1.165) is 27.8 Å². The highest BCUT2D eigenvalue weighted by molar-refractivity contribution is 6.39. The van der Waals surface area contributed by atoms with Gasteiger partial charge >= 0.3 is 6.09 Å². The van der Waals surface area contributed by atoms with Gasteiger partial charge < -0.3 is 15.3 Å². The van der Waals surface area contributed by atoms with Gasteiger partial charge in [-0.3, -0.25) is 4.79 Å². The molecule has 1 atom stereocenters. The molecule has 1 aromatic heterocycles. The monoisotopic (exact) mass is 674 g/mol. The summed E-state index contributed by atoms with van der Waals surface area (Å²) in [4.78, 5) is 26.9. The van der Waals surface area contributed by atoms with E-state index in [4.69, 9.17) is 28.3 Å². The van der Waals surface area contributed by atoms with Crippen LogP contribution in [0.2, 0.25) is 10.0 Å². The normalized spacial score (nSPS) is 15.0. The largest absolute Gasteiger partial charge is 0.465 e. The second-order valence-electron chi connectivity index (χ2n) is 12.0. The molecule has 7 nitrogen and oxygen atoms in total. The maximum absolute atomic E-state index is 13.9. The quantitative estimate of drug-likeness (QED) is 0.165. The van der Waals surface area contributed by atoms with E-state index in [1.807, 2.05) is 77.5 Å². The van der Waals surface area contributed by atoms with Gasteiger partial charge in [0, 0.05) is 34.1 Å². The summed E-state index contributed by atoms with van der Waals surface area (Å²) in [5, 5.41) is 19.7. The first-order chi connectivity index (χ1) is 23.4. The molecule has 0 radical (unpaired) electrons. The van der Waals surface area contributed by atoms with E-state index >= 15 is 0 Å². The Morgan fingerprint density at radius 3 is 1.88 bits per heavy atom. The molecule has 1 saturated heterocycles. The van der Waals surface area contributed by atoms with Gasteiger partial charge in [0.15, 0.2) is 5.82 Å². The number of nitrogens with zero attached hydrogens (tertiary/aromatic N) is 3. The van der Waals surface area contributed by atoms with Gasteiger partial charge in [-0.2, -0.15) is 5.10 Å². The highest BCUT2D eigenvalue weighted by Crippen LogP contribution is 2.45. The van der Waals surface area contributed by atoms with Crippen molar-refractivity contribution in [2.75, 3.05) is 18.4 Å². The number of rotatable bonds is 7. The van der Waals surface area contributed by atoms with Gasteiger partial charge in [-0.25, -0.2) is 9.48 Å². The fourth-order valence-electron chi connectivity index (χ4n) is 6.88. The van der Waals surface area contributed by atoms with Crippen LogP contribution in [0.15, 0.2) is 127 Å². The molecule has 48 heavy (non-hydrogen) atoms. The number of carboxylic acid groups (broad SMARTS) is 1. The van der Waals surface area contributed by atoms with Crippen LogP contribution in [-0.2, 0) is 10.3 Å². The molecule has 240 valence electrons. The minimum atomic E-state index is -1.03. The number of likely N-dealkylation sites (tertiary alicyclic amines) is 1. The number of piperidine rings is 1. The van der Waals surface area contributed by atoms with Gasteiger partial charge in [-0.05, 0) is 59.4 Å². The molecule has 1 aliphatic heterocycles. The van der Waals surface area contributed by atoms with E-state index < -0.39 is 17.6 Å². The van der Waals surface area contributed by atoms with Crippen LogP contribution in [0.5, 0.6) is 0 Å². The van der Waals surface area contributed by atoms with Gasteiger partial charge in [-0.15, -0.1) is 0 Å². The van der Waals surface area contributed by atoms with Crippen LogP contribution in [0.3, 0.4) is 0 Å². The summed E-state index contributed by atoms with van der Waals surface area (Å²) in [6, 6.07) is 41.9. The first-order valence-corrected chi connectivity index (χ1v) is 16.6. The number of amides is 2. The third kappa shape index (κ3) is 5.59. The van der Waals surface area contributed by atoms with Crippen LogP contribution in [-0.4, -0.2) is 44.9 Å². The lowest BCUT2D eigenvalue weighted by Gasteiger charge is -2.37. The first kappa shape index (κ1) is 31.5. The number of fused-ring (bicyclic) bond motifs is 1. The molecular weight excluding hydrogens is 643 g/mol. The van der Waals surface area contributed by atoms with Crippen molar-refractivity contribution in [2.45, 2.75) is 18.4 Å². The maximum Gasteiger partial charge on any atom is 0.407 e. The molecule has 0 spiro atoms. The van der Waals surface area contributed by atoms with E-state index in [1.165, 1.54) is 4.90 Å². The van der Waals surface area contributed by atoms with Crippen molar-refractivity contribution in [2.24, 2.45) is 5.92 Å². The van der Waals surface area contributed by atoms with Crippen molar-refractivity contribution >= 4 is 51.9 Å². The predicted molar refractivity (Wildman–Crippen MR) is 191 cm³/mol. The second-order valence-corrected chi connectivity index (χ2v) is 12.8. The van der Waals surface area contributed by atoms with Crippen LogP contribution >= 0.6 is 23.2 Å². The zero-order valence-corrected chi connectivity index (χ0v) is 27.4. The topological polar surface area (TPSA) is 87.5 Å². The van der Waals surface area contributed by atoms with Crippen LogP contribution in [0.1, 0.15) is 29.5 Å². The Morgan fingerprint density at radius 2 is 1.33 bits per heavy atom. The minimum Gasteiger partial charge on any atom is -0.465 e. The standard InChI is InChI=1S/C39H32Cl2N4O3/c40-32-19-10-20-33(41)35(32)26-21-22-34-31(24-26)36(42-37(46)27-12-11-23-44(25-27)38(47)48)43-45(34)39(28-13-4-1-5-14-28,29-15-6-2-7-16-29)30-17-8-3-9-18-30/h1-10,13-22,24,27H,11-12,23,25H2,(H,47,48)(H,42,43,46)/t27-/m1/s1. The predicted octanol–water partition coefficient (Wildman–Crippen LogP) is 9.18. The molecule has 2 amide bonds. The molecule has 5 aromatic carbocycles. The van der Waals surface area contributed by atoms with Gasteiger partial charge in [0.2, 0.25) is 5.91 Å². The Hall–Kier alpha value is -5.11. The number of hydrogen-bond acceptors (Lipinski definition) is 3. The van der Waals surface area contributed by atoms with Gasteiger partial charge in [-0.1, -0.05) is 126 Å². The highest BCUT2D eigenvalue weighted by Gasteiger charge is 2.41. The molecule has 7 rings (SSSR count). The SMILES string of the molecule is O=C(Nc1nn(C(c2ccccc2)(c2ccccc2)c2ccccc2)c2ccc(-c3c(Cl)cccc3Cl)cc12)[C@@H]1CCCN(C(=O)O)C1. The van der Waals surface area contributed by atoms with Crippen molar-refractivity contribution in [1.29, 1.82) is 0 Å². The van der Waals surface area contributed by atoms with Crippen molar-refractivity contribution in [3.8, 4) is 11.1 Å². The van der Waals surface area contributed by atoms with Gasteiger partial charge in [0.1, 0.15) is 5.54 Å². The summed E-state index contributed by atoms with van der Waals surface area (Å²) in [5.41, 5.74) is 4.21. The van der Waals surface area contributed by atoms with Gasteiger partial charge in [0.05, 0.1) is 11.4 Å². The molecule has 2 heterocycles. The number of nitrogens with one attached hydrogen (secondary N) is 1. The zero-order chi connectivity index (χ0) is 33.3. The highest BCUT2D eigenvalue weighted by atomic mass is 35.5. The molecule has 0 unspecified atom stereocenters. The number of aromatic nitrogens is 2. The van der Waals surface area contributed by atoms with E-state index in [9.17, 15) is 14.7 Å². The Kier molecular flexibility index (Phi) is 8.65. The van der Waals surface area contributed by atoms with Crippen molar-refractivity contribution in [1.82, 2.24) is 14.7 Å². The summed E-state index contributed by atoms with van der Waals surface area (Å²) in [6.45, 7) is 0.536. The minimum absolute atomic E-state index is 0.127. The number of hydrogen-bond donors (Lipinski definition) is 2. The van der Waals surface area contributed by atoms with Crippen molar-refractivity contribution in [3.63, 3.8) is 0 Å². The van der Waals surface area contributed by atoms with Crippen molar-refractivity contribution in [3.05, 3.63) is 154 Å². The first-order valence-electron chi connectivity index (χ1n) is 15.8. The maximum atomic E-state index is 13.9. The molecule has 0 bridgehead atoms. The average molecular weight is 676 g/mol. The molecule has 0 saturated carbocycles. The van der Waals surface area contributed by atoms with Crippen LogP contribution in [0, 0.1) is 5.92 Å². The Morgan fingerprint density at radius 1 is 0.771 bits per heavy atom. The third-order valence-corrected chi connectivity index (χ3v) is 9.76. The Balaban J connectivity index is 1.49. The lowest BCUT2D eigenvalue weighted by atomic mass is 9.77. The number of carbonyl (C=O) groups is 2. The number of halogens is 2. The average Bonchev–Trinajstić information content (AvgIpc) is 3.47. The van der Waals surface area contributed by atoms with Gasteiger partial charge in [0.25, 0.3) is 0 Å². The van der Waals surface area contributed by atoms with E-state index in [1.54, 1.807) is 18.2 Å². The summed E-state index contributed by atoms with van der Waals surface area (Å²) in [5.74, 6) is -0.434. The van der Waals surface area contributed by atoms with E-state index in [2.05, 4.69) is 41.7 Å². The van der Waals surface area contributed by atoms with E-state index in [-0.39, 0.29) is 12.5 Å². The van der Waals surface area contributed by atoms with E-state index in [0.29, 0.717) is 46.2 Å². The number of anilines is 1. The lowest BCUT2D eigenvalue weighted by molar-refractivity contribution is -0.121. The van der Waals surface area contributed by atoms with Crippen LogP contribution < -0.4 is 5.32 Å². The van der Waals surface area contributed by atoms with Crippen LogP contribution in [0.4, 0.5) is 10.6 Å². The lowest BCUT2D eigenvalue weighted by Crippen LogP contribution is -2.43.